The number of aryl methyl sites for hydroxylation is 1. The van der Waals surface area contributed by atoms with Gasteiger partial charge in [0, 0.05) is 23.5 Å². The fraction of sp³-hybridized carbons (Fsp3) is 0.364. The van der Waals surface area contributed by atoms with Crippen LogP contribution in [0, 0.1) is 13.8 Å². The number of hydrogen-bond acceptors (Lipinski definition) is 4. The van der Waals surface area contributed by atoms with Gasteiger partial charge in [0.2, 0.25) is 0 Å². The van der Waals surface area contributed by atoms with E-state index in [1.165, 1.54) is 0 Å². The number of rotatable bonds is 7. The summed E-state index contributed by atoms with van der Waals surface area (Å²) in [6.45, 7) is 7.83. The Morgan fingerprint density at radius 2 is 1.69 bits per heavy atom. The van der Waals surface area contributed by atoms with Gasteiger partial charge in [-0.1, -0.05) is 37.3 Å². The molecule has 0 spiro atoms. The van der Waals surface area contributed by atoms with Crippen LogP contribution in [0.15, 0.2) is 36.4 Å². The van der Waals surface area contributed by atoms with Crippen LogP contribution in [0.2, 0.25) is 0 Å². The lowest BCUT2D eigenvalue weighted by Gasteiger charge is -2.22. The maximum atomic E-state index is 12.8. The monoisotopic (exact) mass is 395 g/mol. The SMILES string of the molecule is CCCn1c(C)cc(C(=O)CN2C(=O)C(=O)N(C(C)c3ccccc3)C2=O)c1C. The molecule has 3 rings (SSSR count). The Bertz CT molecular complexity index is 977. The Morgan fingerprint density at radius 1 is 1.03 bits per heavy atom. The molecule has 0 bridgehead atoms. The summed E-state index contributed by atoms with van der Waals surface area (Å²) >= 11 is 0. The third-order valence-corrected chi connectivity index (χ3v) is 5.38. The maximum absolute atomic E-state index is 12.8. The van der Waals surface area contributed by atoms with Crippen molar-refractivity contribution in [1.29, 1.82) is 0 Å². The van der Waals surface area contributed by atoms with Gasteiger partial charge in [0.15, 0.2) is 5.78 Å². The van der Waals surface area contributed by atoms with E-state index in [2.05, 4.69) is 6.92 Å². The zero-order valence-electron chi connectivity index (χ0n) is 17.1. The quantitative estimate of drug-likeness (QED) is 0.409. The Morgan fingerprint density at radius 3 is 2.31 bits per heavy atom. The van der Waals surface area contributed by atoms with Gasteiger partial charge < -0.3 is 4.57 Å². The molecule has 4 amide bonds. The number of aromatic nitrogens is 1. The minimum Gasteiger partial charge on any atom is -0.348 e. The number of urea groups is 1. The summed E-state index contributed by atoms with van der Waals surface area (Å²) < 4.78 is 2.04. The minimum absolute atomic E-state index is 0.357. The van der Waals surface area contributed by atoms with E-state index in [9.17, 15) is 19.2 Å². The van der Waals surface area contributed by atoms with E-state index >= 15 is 0 Å². The van der Waals surface area contributed by atoms with Crippen LogP contribution in [-0.2, 0) is 16.1 Å². The molecule has 7 nitrogen and oxygen atoms in total. The molecule has 29 heavy (non-hydrogen) atoms. The van der Waals surface area contributed by atoms with Gasteiger partial charge in [-0.15, -0.1) is 0 Å². The van der Waals surface area contributed by atoms with E-state index in [-0.39, 0.29) is 5.78 Å². The highest BCUT2D eigenvalue weighted by Gasteiger charge is 2.47. The zero-order chi connectivity index (χ0) is 21.3. The van der Waals surface area contributed by atoms with Gasteiger partial charge in [-0.3, -0.25) is 14.4 Å². The molecule has 0 aliphatic carbocycles. The number of carbonyl (C=O) groups is 4. The van der Waals surface area contributed by atoms with Crippen molar-refractivity contribution in [2.24, 2.45) is 0 Å². The molecule has 1 aliphatic rings. The Hall–Kier alpha value is -3.22. The molecular weight excluding hydrogens is 370 g/mol. The number of imide groups is 2. The highest BCUT2D eigenvalue weighted by molar-refractivity contribution is 6.45. The highest BCUT2D eigenvalue weighted by atomic mass is 16.2. The van der Waals surface area contributed by atoms with Crippen molar-refractivity contribution in [2.45, 2.75) is 46.7 Å². The number of hydrogen-bond donors (Lipinski definition) is 0. The first kappa shape index (κ1) is 20.5. The summed E-state index contributed by atoms with van der Waals surface area (Å²) in [6, 6.07) is 9.40. The van der Waals surface area contributed by atoms with Crippen LogP contribution in [0.5, 0.6) is 0 Å². The molecule has 152 valence electrons. The molecule has 2 aromatic rings. The highest BCUT2D eigenvalue weighted by Crippen LogP contribution is 2.26. The summed E-state index contributed by atoms with van der Waals surface area (Å²) in [7, 11) is 0. The molecule has 7 heteroatoms. The molecule has 0 saturated carbocycles. The van der Waals surface area contributed by atoms with Crippen LogP contribution in [0.4, 0.5) is 4.79 Å². The first-order valence-electron chi connectivity index (χ1n) is 9.71. The fourth-order valence-electron chi connectivity index (χ4n) is 3.76. The predicted octanol–water partition coefficient (Wildman–Crippen LogP) is 3.25. The topological polar surface area (TPSA) is 79.7 Å². The first-order valence-corrected chi connectivity index (χ1v) is 9.71. The molecule has 1 aromatic carbocycles. The Balaban J connectivity index is 1.82. The number of Topliss-reactive ketones (excluding diaryl/α,β-unsaturated/α-hetero) is 1. The van der Waals surface area contributed by atoms with Crippen LogP contribution in [-0.4, -0.2) is 44.5 Å². The summed E-state index contributed by atoms with van der Waals surface area (Å²) in [4.78, 5) is 52.2. The lowest BCUT2D eigenvalue weighted by Crippen LogP contribution is -2.38. The average molecular weight is 395 g/mol. The van der Waals surface area contributed by atoms with E-state index in [0.29, 0.717) is 5.56 Å². The first-order chi connectivity index (χ1) is 13.8. The van der Waals surface area contributed by atoms with Crippen molar-refractivity contribution in [3.8, 4) is 0 Å². The van der Waals surface area contributed by atoms with Gasteiger partial charge in [0.1, 0.15) is 0 Å². The van der Waals surface area contributed by atoms with E-state index in [4.69, 9.17) is 0 Å². The number of nitrogens with zero attached hydrogens (tertiary/aromatic N) is 3. The summed E-state index contributed by atoms with van der Waals surface area (Å²) in [5.74, 6) is -2.23. The minimum atomic E-state index is -0.964. The third-order valence-electron chi connectivity index (χ3n) is 5.38. The summed E-state index contributed by atoms with van der Waals surface area (Å²) in [5.41, 5.74) is 2.95. The number of carbonyl (C=O) groups excluding carboxylic acids is 4. The van der Waals surface area contributed by atoms with Crippen LogP contribution in [0.3, 0.4) is 0 Å². The second kappa shape index (κ2) is 8.03. The second-order valence-electron chi connectivity index (χ2n) is 7.30. The number of ketones is 1. The molecule has 1 aliphatic heterocycles. The van der Waals surface area contributed by atoms with Crippen LogP contribution in [0.25, 0.3) is 0 Å². The van der Waals surface area contributed by atoms with Crippen molar-refractivity contribution < 1.29 is 19.2 Å². The maximum Gasteiger partial charge on any atom is 0.335 e. The molecule has 1 unspecified atom stereocenters. The van der Waals surface area contributed by atoms with Gasteiger partial charge >= 0.3 is 17.8 Å². The van der Waals surface area contributed by atoms with Gasteiger partial charge in [-0.2, -0.15) is 0 Å². The van der Waals surface area contributed by atoms with Crippen molar-refractivity contribution in [1.82, 2.24) is 14.4 Å². The molecule has 0 radical (unpaired) electrons. The van der Waals surface area contributed by atoms with Crippen LogP contribution >= 0.6 is 0 Å². The van der Waals surface area contributed by atoms with E-state index < -0.39 is 30.4 Å². The lowest BCUT2D eigenvalue weighted by molar-refractivity contribution is -0.143. The largest absolute Gasteiger partial charge is 0.348 e. The molecule has 1 saturated heterocycles. The number of amides is 4. The van der Waals surface area contributed by atoms with Crippen molar-refractivity contribution in [3.63, 3.8) is 0 Å². The van der Waals surface area contributed by atoms with E-state index in [1.807, 2.05) is 24.5 Å². The zero-order valence-corrected chi connectivity index (χ0v) is 17.1. The fourth-order valence-corrected chi connectivity index (χ4v) is 3.76. The van der Waals surface area contributed by atoms with E-state index in [1.54, 1.807) is 37.3 Å². The normalized spacial score (nSPS) is 15.4. The summed E-state index contributed by atoms with van der Waals surface area (Å²) in [5, 5.41) is 0. The lowest BCUT2D eigenvalue weighted by atomic mass is 10.1. The second-order valence-corrected chi connectivity index (χ2v) is 7.30. The molecule has 1 fully saturated rings. The smallest absolute Gasteiger partial charge is 0.335 e. The summed E-state index contributed by atoms with van der Waals surface area (Å²) in [6.07, 6.45) is 0.925. The van der Waals surface area contributed by atoms with Crippen LogP contribution in [0.1, 0.15) is 53.6 Å². The van der Waals surface area contributed by atoms with Gasteiger partial charge in [0.05, 0.1) is 12.6 Å². The van der Waals surface area contributed by atoms with Crippen LogP contribution < -0.4 is 0 Å². The molecule has 2 heterocycles. The Labute approximate surface area is 169 Å². The third kappa shape index (κ3) is 3.60. The molecule has 1 atom stereocenters. The van der Waals surface area contributed by atoms with E-state index in [0.717, 1.165) is 39.7 Å². The average Bonchev–Trinajstić information content (AvgIpc) is 3.11. The Kier molecular flexibility index (Phi) is 5.68. The van der Waals surface area contributed by atoms with Crippen molar-refractivity contribution >= 4 is 23.6 Å². The molecule has 1 aromatic heterocycles. The van der Waals surface area contributed by atoms with Crippen molar-refractivity contribution in [3.05, 3.63) is 58.9 Å². The molecule has 0 N–H and O–H groups in total. The predicted molar refractivity (Wildman–Crippen MR) is 107 cm³/mol. The van der Waals surface area contributed by atoms with Gasteiger partial charge in [-0.25, -0.2) is 14.6 Å². The number of benzene rings is 1. The standard InChI is InChI=1S/C22H25N3O4/c1-5-11-23-14(2)12-18(16(23)4)19(26)13-24-20(27)21(28)25(22(24)29)15(3)17-9-7-6-8-10-17/h6-10,12,15H,5,11,13H2,1-4H3. The van der Waals surface area contributed by atoms with Crippen molar-refractivity contribution in [2.75, 3.05) is 6.54 Å². The molecular formula is C22H25N3O4. The van der Waals surface area contributed by atoms with Gasteiger partial charge in [0.25, 0.3) is 0 Å². The van der Waals surface area contributed by atoms with Gasteiger partial charge in [-0.05, 0) is 38.8 Å².